The fraction of sp³-hybridized carbons (Fsp3) is 0. The van der Waals surface area contributed by atoms with Gasteiger partial charge in [0.15, 0.2) is 11.5 Å². The minimum atomic E-state index is -4.09. The van der Waals surface area contributed by atoms with E-state index in [9.17, 15) is 28.7 Å². The first-order valence-electron chi connectivity index (χ1n) is 8.53. The normalized spacial score (nSPS) is 11.4. The van der Waals surface area contributed by atoms with Gasteiger partial charge in [-0.25, -0.2) is 8.42 Å². The van der Waals surface area contributed by atoms with Crippen LogP contribution in [0, 0.1) is 10.1 Å². The molecule has 0 radical (unpaired) electrons. The minimum absolute atomic E-state index is 0.0466. The van der Waals surface area contributed by atoms with Crippen LogP contribution in [0.5, 0.6) is 11.5 Å². The SMILES string of the molecule is O=[N+]([O-])c1cc(S(=O)(=O)Nc2ccc(Cl)cc2)ccc1N/N=C/c1ccc(O)c(O)c1. The number of rotatable bonds is 7. The van der Waals surface area contributed by atoms with Gasteiger partial charge in [0.05, 0.1) is 16.0 Å². The molecule has 0 saturated carbocycles. The van der Waals surface area contributed by atoms with E-state index in [1.807, 2.05) is 0 Å². The first kappa shape index (κ1) is 21.9. The van der Waals surface area contributed by atoms with Crippen LogP contribution in [0.4, 0.5) is 17.1 Å². The maximum absolute atomic E-state index is 12.6. The molecule has 0 fully saturated rings. The van der Waals surface area contributed by atoms with Crippen molar-refractivity contribution in [2.45, 2.75) is 4.90 Å². The molecule has 0 aliphatic carbocycles. The highest BCUT2D eigenvalue weighted by atomic mass is 35.5. The Balaban J connectivity index is 1.83. The number of halogens is 1. The third-order valence-electron chi connectivity index (χ3n) is 3.97. The number of sulfonamides is 1. The Hall–Kier alpha value is -3.83. The summed E-state index contributed by atoms with van der Waals surface area (Å²) < 4.78 is 27.5. The smallest absolute Gasteiger partial charge is 0.295 e. The summed E-state index contributed by atoms with van der Waals surface area (Å²) in [6.07, 6.45) is 1.26. The van der Waals surface area contributed by atoms with Crippen molar-refractivity contribution in [2.24, 2.45) is 5.10 Å². The second-order valence-electron chi connectivity index (χ2n) is 6.17. The summed E-state index contributed by atoms with van der Waals surface area (Å²) in [5.41, 5.74) is 2.57. The highest BCUT2D eigenvalue weighted by Crippen LogP contribution is 2.29. The summed E-state index contributed by atoms with van der Waals surface area (Å²) in [5, 5.41) is 34.5. The number of aromatic hydroxyl groups is 2. The summed E-state index contributed by atoms with van der Waals surface area (Å²) in [5.74, 6) is -0.651. The largest absolute Gasteiger partial charge is 0.504 e. The summed E-state index contributed by atoms with van der Waals surface area (Å²) >= 11 is 5.77. The van der Waals surface area contributed by atoms with E-state index in [1.54, 1.807) is 0 Å². The van der Waals surface area contributed by atoms with Crippen LogP contribution in [0.3, 0.4) is 0 Å². The van der Waals surface area contributed by atoms with E-state index in [4.69, 9.17) is 11.6 Å². The summed E-state index contributed by atoms with van der Waals surface area (Å²) in [6.45, 7) is 0. The molecule has 160 valence electrons. The lowest BCUT2D eigenvalue weighted by Gasteiger charge is -2.09. The van der Waals surface area contributed by atoms with E-state index >= 15 is 0 Å². The van der Waals surface area contributed by atoms with Gasteiger partial charge in [0.25, 0.3) is 15.7 Å². The number of hydrogen-bond donors (Lipinski definition) is 4. The third kappa shape index (κ3) is 5.41. The second-order valence-corrected chi connectivity index (χ2v) is 8.29. The zero-order chi connectivity index (χ0) is 22.6. The van der Waals surface area contributed by atoms with E-state index < -0.39 is 20.6 Å². The van der Waals surface area contributed by atoms with Gasteiger partial charge < -0.3 is 10.2 Å². The van der Waals surface area contributed by atoms with Gasteiger partial charge in [-0.15, -0.1) is 0 Å². The van der Waals surface area contributed by atoms with Crippen molar-refractivity contribution in [2.75, 3.05) is 10.1 Å². The van der Waals surface area contributed by atoms with Crippen molar-refractivity contribution >= 4 is 44.9 Å². The molecule has 0 heterocycles. The van der Waals surface area contributed by atoms with Crippen LogP contribution in [0.25, 0.3) is 0 Å². The number of nitrogens with one attached hydrogen (secondary N) is 2. The molecule has 0 aliphatic heterocycles. The lowest BCUT2D eigenvalue weighted by molar-refractivity contribution is -0.384. The van der Waals surface area contributed by atoms with Gasteiger partial charge in [0.1, 0.15) is 5.69 Å². The van der Waals surface area contributed by atoms with E-state index in [0.717, 1.165) is 6.07 Å². The van der Waals surface area contributed by atoms with Crippen LogP contribution >= 0.6 is 11.6 Å². The topological polar surface area (TPSA) is 154 Å². The molecule has 0 aliphatic rings. The molecule has 0 spiro atoms. The Bertz CT molecular complexity index is 1260. The fourth-order valence-corrected chi connectivity index (χ4v) is 3.66. The predicted octanol–water partition coefficient (Wildman–Crippen LogP) is 3.91. The van der Waals surface area contributed by atoms with Crippen LogP contribution in [0.2, 0.25) is 5.02 Å². The van der Waals surface area contributed by atoms with E-state index in [-0.39, 0.29) is 27.8 Å². The molecule has 0 atom stereocenters. The van der Waals surface area contributed by atoms with Crippen molar-refractivity contribution in [3.8, 4) is 11.5 Å². The average molecular weight is 463 g/mol. The van der Waals surface area contributed by atoms with Crippen LogP contribution in [-0.2, 0) is 10.0 Å². The number of nitrogens with zero attached hydrogens (tertiary/aromatic N) is 2. The zero-order valence-electron chi connectivity index (χ0n) is 15.6. The van der Waals surface area contributed by atoms with Crippen molar-refractivity contribution in [3.05, 3.63) is 81.4 Å². The first-order valence-corrected chi connectivity index (χ1v) is 10.4. The Morgan fingerprint density at radius 1 is 1.00 bits per heavy atom. The number of benzene rings is 3. The zero-order valence-corrected chi connectivity index (χ0v) is 17.1. The molecule has 31 heavy (non-hydrogen) atoms. The second kappa shape index (κ2) is 8.90. The standard InChI is InChI=1S/C19H15ClN4O6S/c20-13-2-4-14(5-3-13)23-31(29,30)15-6-7-16(17(10-15)24(27)28)22-21-11-12-1-8-18(25)19(26)9-12/h1-11,22-23,25-26H/b21-11+. The molecule has 10 nitrogen and oxygen atoms in total. The Kier molecular flexibility index (Phi) is 6.28. The number of phenolic OH excluding ortho intramolecular Hbond substituents is 2. The quantitative estimate of drug-likeness (QED) is 0.179. The van der Waals surface area contributed by atoms with Crippen molar-refractivity contribution < 1.29 is 23.6 Å². The number of hydrogen-bond acceptors (Lipinski definition) is 8. The molecule has 0 aromatic heterocycles. The Labute approximate surface area is 181 Å². The highest BCUT2D eigenvalue weighted by molar-refractivity contribution is 7.92. The van der Waals surface area contributed by atoms with Crippen LogP contribution in [0.1, 0.15) is 5.56 Å². The molecule has 0 saturated heterocycles. The summed E-state index contributed by atoms with van der Waals surface area (Å²) in [7, 11) is -4.09. The lowest BCUT2D eigenvalue weighted by Crippen LogP contribution is -2.13. The maximum Gasteiger partial charge on any atom is 0.295 e. The van der Waals surface area contributed by atoms with Gasteiger partial charge in [0, 0.05) is 16.8 Å². The molecule has 0 bridgehead atoms. The average Bonchev–Trinajstić information content (AvgIpc) is 2.72. The van der Waals surface area contributed by atoms with Crippen LogP contribution < -0.4 is 10.1 Å². The van der Waals surface area contributed by atoms with Gasteiger partial charge in [-0.3, -0.25) is 20.3 Å². The number of nitro benzene ring substituents is 1. The maximum atomic E-state index is 12.6. The lowest BCUT2D eigenvalue weighted by atomic mass is 10.2. The van der Waals surface area contributed by atoms with Gasteiger partial charge in [-0.05, 0) is 60.2 Å². The monoisotopic (exact) mass is 462 g/mol. The number of hydrazone groups is 1. The summed E-state index contributed by atoms with van der Waals surface area (Å²) in [6, 6.07) is 13.2. The molecule has 3 aromatic carbocycles. The van der Waals surface area contributed by atoms with Crippen molar-refractivity contribution in [3.63, 3.8) is 0 Å². The van der Waals surface area contributed by atoms with Crippen LogP contribution in [0.15, 0.2) is 70.7 Å². The number of phenols is 2. The molecular weight excluding hydrogens is 448 g/mol. The molecule has 0 unspecified atom stereocenters. The van der Waals surface area contributed by atoms with Gasteiger partial charge >= 0.3 is 0 Å². The highest BCUT2D eigenvalue weighted by Gasteiger charge is 2.21. The number of nitro groups is 1. The van der Waals surface area contributed by atoms with Gasteiger partial charge in [-0.2, -0.15) is 5.10 Å². The summed E-state index contributed by atoms with van der Waals surface area (Å²) in [4.78, 5) is 10.4. The third-order valence-corrected chi connectivity index (χ3v) is 5.60. The minimum Gasteiger partial charge on any atom is -0.504 e. The molecule has 4 N–H and O–H groups in total. The van der Waals surface area contributed by atoms with Crippen LogP contribution in [-0.4, -0.2) is 29.8 Å². The molecule has 12 heteroatoms. The number of anilines is 2. The molecular formula is C19H15ClN4O6S. The van der Waals surface area contributed by atoms with E-state index in [1.165, 1.54) is 60.8 Å². The molecule has 0 amide bonds. The first-order chi connectivity index (χ1) is 14.7. The van der Waals surface area contributed by atoms with Crippen molar-refractivity contribution in [1.29, 1.82) is 0 Å². The van der Waals surface area contributed by atoms with E-state index in [2.05, 4.69) is 15.2 Å². The Morgan fingerprint density at radius 3 is 2.35 bits per heavy atom. The van der Waals surface area contributed by atoms with E-state index in [0.29, 0.717) is 10.6 Å². The predicted molar refractivity (Wildman–Crippen MR) is 116 cm³/mol. The van der Waals surface area contributed by atoms with Gasteiger partial charge in [0.2, 0.25) is 0 Å². The van der Waals surface area contributed by atoms with Crippen molar-refractivity contribution in [1.82, 2.24) is 0 Å². The van der Waals surface area contributed by atoms with Gasteiger partial charge in [-0.1, -0.05) is 11.6 Å². The Morgan fingerprint density at radius 2 is 1.71 bits per heavy atom. The fourth-order valence-electron chi connectivity index (χ4n) is 2.45. The molecule has 3 rings (SSSR count). The molecule has 3 aromatic rings.